The molecule has 1 aliphatic heterocycles. The summed E-state index contributed by atoms with van der Waals surface area (Å²) in [6.07, 6.45) is 4.02. The highest BCUT2D eigenvalue weighted by atomic mass is 32.1. The van der Waals surface area contributed by atoms with Gasteiger partial charge in [0.05, 0.1) is 6.61 Å². The Labute approximate surface area is 127 Å². The largest absolute Gasteiger partial charge is 0.470 e. The lowest BCUT2D eigenvalue weighted by Gasteiger charge is -2.33. The molecular weight excluding hydrogens is 284 g/mol. The molecule has 3 rings (SSSR count). The van der Waals surface area contributed by atoms with Crippen LogP contribution in [0.2, 0.25) is 0 Å². The number of rotatable bonds is 4. The quantitative estimate of drug-likeness (QED) is 0.868. The van der Waals surface area contributed by atoms with Gasteiger partial charge in [0, 0.05) is 30.6 Å². The van der Waals surface area contributed by atoms with E-state index in [1.807, 2.05) is 17.5 Å². The number of nitrogens with zero attached hydrogens (tertiary/aromatic N) is 4. The van der Waals surface area contributed by atoms with Crippen molar-refractivity contribution in [2.75, 3.05) is 24.6 Å². The summed E-state index contributed by atoms with van der Waals surface area (Å²) in [6, 6.07) is 7.67. The van der Waals surface area contributed by atoms with Crippen LogP contribution in [0.1, 0.15) is 18.5 Å². The number of hydrogen-bond donors (Lipinski definition) is 0. The van der Waals surface area contributed by atoms with Crippen molar-refractivity contribution >= 4 is 17.2 Å². The second kappa shape index (κ2) is 6.55. The Hall–Kier alpha value is -2.13. The van der Waals surface area contributed by atoms with Gasteiger partial charge in [-0.2, -0.15) is 5.26 Å². The fourth-order valence-corrected chi connectivity index (χ4v) is 3.04. The van der Waals surface area contributed by atoms with Gasteiger partial charge in [-0.15, -0.1) is 0 Å². The van der Waals surface area contributed by atoms with E-state index >= 15 is 0 Å². The normalized spacial score (nSPS) is 18.2. The molecule has 5 nitrogen and oxygen atoms in total. The van der Waals surface area contributed by atoms with Crippen molar-refractivity contribution in [1.29, 1.82) is 5.26 Å². The van der Waals surface area contributed by atoms with Gasteiger partial charge in [-0.05, 0) is 25.0 Å². The number of piperidine rings is 1. The molecule has 21 heavy (non-hydrogen) atoms. The summed E-state index contributed by atoms with van der Waals surface area (Å²) in [5.41, 5.74) is 0.466. The fourth-order valence-electron chi connectivity index (χ4n) is 2.54. The van der Waals surface area contributed by atoms with Gasteiger partial charge in [0.15, 0.2) is 0 Å². The van der Waals surface area contributed by atoms with Crippen LogP contribution in [0.3, 0.4) is 0 Å². The van der Waals surface area contributed by atoms with Crippen LogP contribution >= 0.6 is 11.3 Å². The Balaban J connectivity index is 1.61. The molecule has 0 spiro atoms. The molecule has 0 N–H and O–H groups in total. The molecule has 1 unspecified atom stereocenters. The Kier molecular flexibility index (Phi) is 4.31. The first-order valence-electron chi connectivity index (χ1n) is 6.99. The van der Waals surface area contributed by atoms with E-state index in [0.717, 1.165) is 36.9 Å². The molecule has 3 heterocycles. The number of anilines is 1. The Morgan fingerprint density at radius 2 is 2.43 bits per heavy atom. The van der Waals surface area contributed by atoms with Gasteiger partial charge in [-0.1, -0.05) is 17.4 Å². The Morgan fingerprint density at radius 1 is 1.48 bits per heavy atom. The van der Waals surface area contributed by atoms with Gasteiger partial charge in [-0.25, -0.2) is 9.97 Å². The number of thiazole rings is 1. The summed E-state index contributed by atoms with van der Waals surface area (Å²) in [5, 5.41) is 11.6. The van der Waals surface area contributed by atoms with Crippen LogP contribution in [0.5, 0.6) is 5.19 Å². The van der Waals surface area contributed by atoms with E-state index < -0.39 is 0 Å². The Bertz CT molecular complexity index is 623. The number of pyridine rings is 1. The van der Waals surface area contributed by atoms with E-state index in [0.29, 0.717) is 18.2 Å². The van der Waals surface area contributed by atoms with Crippen molar-refractivity contribution in [3.8, 4) is 11.3 Å². The van der Waals surface area contributed by atoms with Crippen LogP contribution in [-0.2, 0) is 0 Å². The number of aromatic nitrogens is 2. The van der Waals surface area contributed by atoms with Crippen LogP contribution in [0.4, 0.5) is 5.82 Å². The number of nitriles is 1. The van der Waals surface area contributed by atoms with Crippen LogP contribution in [0.25, 0.3) is 0 Å². The van der Waals surface area contributed by atoms with Crippen LogP contribution in [0, 0.1) is 17.2 Å². The fraction of sp³-hybridized carbons (Fsp3) is 0.400. The summed E-state index contributed by atoms with van der Waals surface area (Å²) >= 11 is 1.52. The van der Waals surface area contributed by atoms with E-state index in [1.54, 1.807) is 12.3 Å². The average Bonchev–Trinajstić information content (AvgIpc) is 3.07. The van der Waals surface area contributed by atoms with E-state index in [9.17, 15) is 0 Å². The summed E-state index contributed by atoms with van der Waals surface area (Å²) < 4.78 is 5.72. The molecule has 0 bridgehead atoms. The maximum Gasteiger partial charge on any atom is 0.273 e. The molecule has 0 aliphatic carbocycles. The maximum absolute atomic E-state index is 8.95. The van der Waals surface area contributed by atoms with E-state index in [1.165, 1.54) is 11.3 Å². The monoisotopic (exact) mass is 300 g/mol. The van der Waals surface area contributed by atoms with E-state index in [4.69, 9.17) is 10.00 Å². The Morgan fingerprint density at radius 3 is 3.24 bits per heavy atom. The minimum atomic E-state index is 0.466. The van der Waals surface area contributed by atoms with E-state index in [2.05, 4.69) is 20.9 Å². The maximum atomic E-state index is 8.95. The van der Waals surface area contributed by atoms with Gasteiger partial charge in [0.1, 0.15) is 17.6 Å². The van der Waals surface area contributed by atoms with Crippen molar-refractivity contribution in [1.82, 2.24) is 9.97 Å². The van der Waals surface area contributed by atoms with Crippen molar-refractivity contribution in [3.63, 3.8) is 0 Å². The predicted octanol–water partition coefficient (Wildman–Crippen LogP) is 2.71. The van der Waals surface area contributed by atoms with Crippen molar-refractivity contribution in [2.24, 2.45) is 5.92 Å². The lowest BCUT2D eigenvalue weighted by atomic mass is 9.99. The molecule has 1 saturated heterocycles. The lowest BCUT2D eigenvalue weighted by Crippen LogP contribution is -2.38. The molecule has 0 radical (unpaired) electrons. The first-order chi connectivity index (χ1) is 10.3. The van der Waals surface area contributed by atoms with Crippen molar-refractivity contribution < 1.29 is 4.74 Å². The summed E-state index contributed by atoms with van der Waals surface area (Å²) in [4.78, 5) is 10.7. The molecule has 6 heteroatoms. The highest BCUT2D eigenvalue weighted by molar-refractivity contribution is 7.11. The third kappa shape index (κ3) is 3.50. The molecule has 1 aliphatic rings. The van der Waals surface area contributed by atoms with Crippen LogP contribution in [-0.4, -0.2) is 29.7 Å². The van der Waals surface area contributed by atoms with Gasteiger partial charge in [0.25, 0.3) is 5.19 Å². The van der Waals surface area contributed by atoms with Crippen LogP contribution < -0.4 is 9.64 Å². The molecule has 0 amide bonds. The van der Waals surface area contributed by atoms with Gasteiger partial charge < -0.3 is 9.64 Å². The second-order valence-corrected chi connectivity index (χ2v) is 5.91. The molecule has 1 fully saturated rings. The van der Waals surface area contributed by atoms with Gasteiger partial charge >= 0.3 is 0 Å². The third-order valence-electron chi connectivity index (χ3n) is 3.54. The van der Waals surface area contributed by atoms with E-state index in [-0.39, 0.29) is 0 Å². The summed E-state index contributed by atoms with van der Waals surface area (Å²) in [6.45, 7) is 2.57. The minimum Gasteiger partial charge on any atom is -0.470 e. The topological polar surface area (TPSA) is 62.0 Å². The molecule has 108 valence electrons. The first-order valence-corrected chi connectivity index (χ1v) is 7.87. The molecule has 0 saturated carbocycles. The zero-order valence-corrected chi connectivity index (χ0v) is 12.4. The molecular formula is C15H16N4OS. The summed E-state index contributed by atoms with van der Waals surface area (Å²) in [7, 11) is 0. The highest BCUT2D eigenvalue weighted by Crippen LogP contribution is 2.23. The third-order valence-corrected chi connectivity index (χ3v) is 4.23. The number of hydrogen-bond acceptors (Lipinski definition) is 6. The van der Waals surface area contributed by atoms with Gasteiger partial charge in [0.2, 0.25) is 0 Å². The minimum absolute atomic E-state index is 0.466. The number of ether oxygens (including phenoxy) is 1. The SMILES string of the molecule is N#Cc1cccc(N2CCCC(COc3nccs3)C2)n1. The van der Waals surface area contributed by atoms with Crippen LogP contribution in [0.15, 0.2) is 29.8 Å². The summed E-state index contributed by atoms with van der Waals surface area (Å²) in [5.74, 6) is 1.35. The zero-order chi connectivity index (χ0) is 14.5. The van der Waals surface area contributed by atoms with Crippen molar-refractivity contribution in [3.05, 3.63) is 35.5 Å². The lowest BCUT2D eigenvalue weighted by molar-refractivity contribution is 0.227. The predicted molar refractivity (Wildman–Crippen MR) is 81.5 cm³/mol. The molecule has 2 aromatic heterocycles. The first kappa shape index (κ1) is 13.8. The highest BCUT2D eigenvalue weighted by Gasteiger charge is 2.22. The van der Waals surface area contributed by atoms with Crippen molar-refractivity contribution in [2.45, 2.75) is 12.8 Å². The average molecular weight is 300 g/mol. The zero-order valence-electron chi connectivity index (χ0n) is 11.6. The second-order valence-electron chi connectivity index (χ2n) is 5.06. The van der Waals surface area contributed by atoms with Gasteiger partial charge in [-0.3, -0.25) is 0 Å². The molecule has 0 aromatic carbocycles. The molecule has 2 aromatic rings. The smallest absolute Gasteiger partial charge is 0.273 e. The standard InChI is InChI=1S/C15H16N4OS/c16-9-13-4-1-5-14(18-13)19-7-2-3-12(10-19)11-20-15-17-6-8-21-15/h1,4-6,8,12H,2-3,7,10-11H2. The molecule has 1 atom stereocenters.